The number of rotatable bonds is 1. The first-order valence-corrected chi connectivity index (χ1v) is 7.41. The van der Waals surface area contributed by atoms with E-state index in [1.807, 2.05) is 7.05 Å². The van der Waals surface area contributed by atoms with Gasteiger partial charge in [-0.2, -0.15) is 15.1 Å². The van der Waals surface area contributed by atoms with Gasteiger partial charge in [-0.3, -0.25) is 4.68 Å². The van der Waals surface area contributed by atoms with E-state index in [9.17, 15) is 0 Å². The molecule has 2 unspecified atom stereocenters. The van der Waals surface area contributed by atoms with Crippen LogP contribution in [0, 0.1) is 11.8 Å². The molecule has 3 heterocycles. The number of hydrogen-bond donors (Lipinski definition) is 1. The van der Waals surface area contributed by atoms with Gasteiger partial charge in [-0.15, -0.1) is 0 Å². The summed E-state index contributed by atoms with van der Waals surface area (Å²) in [6.45, 7) is 2.14. The minimum atomic E-state index is 0.536. The molecule has 20 heavy (non-hydrogen) atoms. The van der Waals surface area contributed by atoms with Crippen LogP contribution in [0.25, 0.3) is 11.0 Å². The molecule has 2 aliphatic rings. The van der Waals surface area contributed by atoms with Gasteiger partial charge in [-0.25, -0.2) is 0 Å². The van der Waals surface area contributed by atoms with Crippen LogP contribution in [-0.4, -0.2) is 32.8 Å². The first-order chi connectivity index (χ1) is 9.70. The van der Waals surface area contributed by atoms with Crippen LogP contribution in [-0.2, 0) is 7.05 Å². The number of nitrogen functional groups attached to an aromatic ring is 1. The number of anilines is 2. The van der Waals surface area contributed by atoms with Crippen LogP contribution in [0.1, 0.15) is 25.7 Å². The molecule has 1 saturated carbocycles. The van der Waals surface area contributed by atoms with Crippen LogP contribution in [0.5, 0.6) is 0 Å². The highest BCUT2D eigenvalue weighted by Gasteiger charge is 2.31. The van der Waals surface area contributed by atoms with Crippen molar-refractivity contribution in [3.63, 3.8) is 0 Å². The van der Waals surface area contributed by atoms with E-state index in [1.165, 1.54) is 25.7 Å². The molecule has 2 atom stereocenters. The molecule has 1 aliphatic carbocycles. The SMILES string of the molecule is Cn1ncc2c(N)nc(N3CC4CCCC(C4)C3)nc21. The normalized spacial score (nSPS) is 26.1. The third kappa shape index (κ3) is 1.82. The molecule has 2 aromatic rings. The van der Waals surface area contributed by atoms with Crippen molar-refractivity contribution < 1.29 is 0 Å². The lowest BCUT2D eigenvalue weighted by Crippen LogP contribution is -2.43. The van der Waals surface area contributed by atoms with Crippen molar-refractivity contribution in [2.24, 2.45) is 18.9 Å². The summed E-state index contributed by atoms with van der Waals surface area (Å²) in [7, 11) is 1.89. The molecule has 6 heteroatoms. The minimum absolute atomic E-state index is 0.536. The van der Waals surface area contributed by atoms with Gasteiger partial charge in [-0.05, 0) is 31.1 Å². The number of hydrogen-bond acceptors (Lipinski definition) is 5. The zero-order valence-corrected chi connectivity index (χ0v) is 11.8. The largest absolute Gasteiger partial charge is 0.383 e. The Kier molecular flexibility index (Phi) is 2.58. The zero-order valence-electron chi connectivity index (χ0n) is 11.8. The Morgan fingerprint density at radius 3 is 2.70 bits per heavy atom. The van der Waals surface area contributed by atoms with E-state index < -0.39 is 0 Å². The van der Waals surface area contributed by atoms with Gasteiger partial charge in [0.2, 0.25) is 5.95 Å². The Bertz CT molecular complexity index is 636. The molecule has 0 radical (unpaired) electrons. The summed E-state index contributed by atoms with van der Waals surface area (Å²) >= 11 is 0. The molecule has 4 rings (SSSR count). The van der Waals surface area contributed by atoms with Crippen molar-refractivity contribution in [1.82, 2.24) is 19.7 Å². The fraction of sp³-hybridized carbons (Fsp3) is 0.643. The first kappa shape index (κ1) is 11.9. The highest BCUT2D eigenvalue weighted by Crippen LogP contribution is 2.36. The van der Waals surface area contributed by atoms with Crippen LogP contribution in [0.2, 0.25) is 0 Å². The quantitative estimate of drug-likeness (QED) is 0.853. The lowest BCUT2D eigenvalue weighted by molar-refractivity contribution is 0.230. The minimum Gasteiger partial charge on any atom is -0.383 e. The maximum atomic E-state index is 6.06. The van der Waals surface area contributed by atoms with Crippen molar-refractivity contribution in [2.75, 3.05) is 23.7 Å². The summed E-state index contributed by atoms with van der Waals surface area (Å²) in [5.41, 5.74) is 6.88. The fourth-order valence-corrected chi connectivity index (χ4v) is 3.77. The van der Waals surface area contributed by atoms with Gasteiger partial charge in [0.05, 0.1) is 11.6 Å². The number of aromatic nitrogens is 4. The summed E-state index contributed by atoms with van der Waals surface area (Å²) in [6.07, 6.45) is 7.18. The molecule has 1 saturated heterocycles. The average Bonchev–Trinajstić information content (AvgIpc) is 2.81. The number of piperidine rings is 1. The Hall–Kier alpha value is -1.85. The summed E-state index contributed by atoms with van der Waals surface area (Å²) in [6, 6.07) is 0. The van der Waals surface area contributed by atoms with E-state index in [-0.39, 0.29) is 0 Å². The predicted molar refractivity (Wildman–Crippen MR) is 78.4 cm³/mol. The smallest absolute Gasteiger partial charge is 0.229 e. The average molecular weight is 272 g/mol. The van der Waals surface area contributed by atoms with Gasteiger partial charge in [0.15, 0.2) is 5.65 Å². The van der Waals surface area contributed by atoms with Crippen LogP contribution in [0.3, 0.4) is 0 Å². The summed E-state index contributed by atoms with van der Waals surface area (Å²) < 4.78 is 1.77. The Balaban J connectivity index is 1.72. The van der Waals surface area contributed by atoms with E-state index in [1.54, 1.807) is 10.9 Å². The lowest BCUT2D eigenvalue weighted by Gasteiger charge is -2.41. The monoisotopic (exact) mass is 272 g/mol. The molecular weight excluding hydrogens is 252 g/mol. The molecule has 2 aromatic heterocycles. The van der Waals surface area contributed by atoms with E-state index in [0.29, 0.717) is 5.82 Å². The molecule has 106 valence electrons. The van der Waals surface area contributed by atoms with E-state index >= 15 is 0 Å². The Labute approximate surface area is 118 Å². The van der Waals surface area contributed by atoms with Gasteiger partial charge in [0, 0.05) is 20.1 Å². The number of nitrogens with two attached hydrogens (primary N) is 1. The summed E-state index contributed by atoms with van der Waals surface area (Å²) in [5, 5.41) is 5.06. The standard InChI is InChI=1S/C14H20N6/c1-19-13-11(6-16-19)12(15)17-14(18-13)20-7-9-3-2-4-10(5-9)8-20/h6,9-10H,2-5,7-8H2,1H3,(H2,15,17,18). The second kappa shape index (κ2) is 4.33. The second-order valence-electron chi connectivity index (χ2n) is 6.22. The van der Waals surface area contributed by atoms with E-state index in [2.05, 4.69) is 20.0 Å². The third-order valence-electron chi connectivity index (χ3n) is 4.74. The maximum absolute atomic E-state index is 6.06. The molecule has 0 aromatic carbocycles. The number of fused-ring (bicyclic) bond motifs is 3. The molecule has 2 N–H and O–H groups in total. The van der Waals surface area contributed by atoms with Crippen LogP contribution < -0.4 is 10.6 Å². The van der Waals surface area contributed by atoms with Gasteiger partial charge in [0.1, 0.15) is 5.82 Å². The van der Waals surface area contributed by atoms with Crippen molar-refractivity contribution in [3.05, 3.63) is 6.20 Å². The molecule has 0 spiro atoms. The predicted octanol–water partition coefficient (Wildman–Crippen LogP) is 1.57. The van der Waals surface area contributed by atoms with Gasteiger partial charge < -0.3 is 10.6 Å². The van der Waals surface area contributed by atoms with Gasteiger partial charge in [-0.1, -0.05) is 6.42 Å². The first-order valence-electron chi connectivity index (χ1n) is 7.41. The van der Waals surface area contributed by atoms with Crippen LogP contribution in [0.15, 0.2) is 6.20 Å². The summed E-state index contributed by atoms with van der Waals surface area (Å²) in [4.78, 5) is 11.5. The zero-order chi connectivity index (χ0) is 13.7. The fourth-order valence-electron chi connectivity index (χ4n) is 3.77. The molecule has 0 amide bonds. The van der Waals surface area contributed by atoms with Gasteiger partial charge >= 0.3 is 0 Å². The highest BCUT2D eigenvalue weighted by atomic mass is 15.3. The Morgan fingerprint density at radius 1 is 1.20 bits per heavy atom. The second-order valence-corrected chi connectivity index (χ2v) is 6.22. The van der Waals surface area contributed by atoms with Gasteiger partial charge in [0.25, 0.3) is 0 Å². The topological polar surface area (TPSA) is 72.9 Å². The van der Waals surface area contributed by atoms with E-state index in [0.717, 1.165) is 41.9 Å². The van der Waals surface area contributed by atoms with Crippen molar-refractivity contribution in [2.45, 2.75) is 25.7 Å². The highest BCUT2D eigenvalue weighted by molar-refractivity contribution is 5.86. The van der Waals surface area contributed by atoms with Crippen molar-refractivity contribution in [3.8, 4) is 0 Å². The Morgan fingerprint density at radius 2 is 1.95 bits per heavy atom. The molecule has 6 nitrogen and oxygen atoms in total. The van der Waals surface area contributed by atoms with Crippen molar-refractivity contribution >= 4 is 22.8 Å². The van der Waals surface area contributed by atoms with Crippen LogP contribution >= 0.6 is 0 Å². The molecule has 2 bridgehead atoms. The number of nitrogens with zero attached hydrogens (tertiary/aromatic N) is 5. The number of aryl methyl sites for hydroxylation is 1. The molecule has 1 aliphatic heterocycles. The summed E-state index contributed by atoms with van der Waals surface area (Å²) in [5.74, 6) is 2.91. The van der Waals surface area contributed by atoms with E-state index in [4.69, 9.17) is 5.73 Å². The van der Waals surface area contributed by atoms with Crippen LogP contribution in [0.4, 0.5) is 11.8 Å². The third-order valence-corrected chi connectivity index (χ3v) is 4.74. The molecular formula is C14H20N6. The maximum Gasteiger partial charge on any atom is 0.229 e. The van der Waals surface area contributed by atoms with Crippen molar-refractivity contribution in [1.29, 1.82) is 0 Å². The molecule has 2 fully saturated rings. The lowest BCUT2D eigenvalue weighted by atomic mass is 9.78.